The minimum Gasteiger partial charge on any atom is -0.495 e. The van der Waals surface area contributed by atoms with Crippen molar-refractivity contribution >= 4 is 58.3 Å². The summed E-state index contributed by atoms with van der Waals surface area (Å²) in [4.78, 5) is 27.1. The van der Waals surface area contributed by atoms with Crippen molar-refractivity contribution in [3.63, 3.8) is 0 Å². The molecular formula is C19H14Cl2N2O3S. The minimum absolute atomic E-state index is 0.313. The molecule has 1 amide bonds. The molecule has 2 N–H and O–H groups in total. The van der Waals surface area contributed by atoms with Gasteiger partial charge in [0.15, 0.2) is 0 Å². The highest BCUT2D eigenvalue weighted by atomic mass is 35.5. The van der Waals surface area contributed by atoms with Crippen LogP contribution in [0.4, 0.5) is 5.69 Å². The number of carbonyl (C=O) groups is 1. The SMILES string of the molecule is COc1ccccc1NC(=O)/C=c1/[nH]c(=O)/c(=C/c2cccc(Cl)c2Cl)s1. The van der Waals surface area contributed by atoms with Crippen LogP contribution >= 0.6 is 34.5 Å². The van der Waals surface area contributed by atoms with E-state index in [0.717, 1.165) is 11.3 Å². The first kappa shape index (κ1) is 19.2. The van der Waals surface area contributed by atoms with Crippen molar-refractivity contribution in [3.8, 4) is 5.75 Å². The Labute approximate surface area is 168 Å². The van der Waals surface area contributed by atoms with Crippen LogP contribution in [0.15, 0.2) is 47.3 Å². The van der Waals surface area contributed by atoms with E-state index in [4.69, 9.17) is 27.9 Å². The van der Waals surface area contributed by atoms with Gasteiger partial charge in [0.05, 0.1) is 27.4 Å². The molecule has 0 bridgehead atoms. The predicted octanol–water partition coefficient (Wildman–Crippen LogP) is 3.00. The molecule has 27 heavy (non-hydrogen) atoms. The summed E-state index contributed by atoms with van der Waals surface area (Å²) < 4.78 is 6.02. The van der Waals surface area contributed by atoms with Gasteiger partial charge in [-0.15, -0.1) is 11.3 Å². The summed E-state index contributed by atoms with van der Waals surface area (Å²) >= 11 is 13.3. The lowest BCUT2D eigenvalue weighted by Gasteiger charge is -2.07. The molecule has 3 rings (SSSR count). The molecule has 0 aliphatic rings. The summed E-state index contributed by atoms with van der Waals surface area (Å²) in [6.07, 6.45) is 2.95. The van der Waals surface area contributed by atoms with Gasteiger partial charge in [-0.3, -0.25) is 9.59 Å². The number of thiazole rings is 1. The molecule has 0 atom stereocenters. The number of nitrogens with one attached hydrogen (secondary N) is 2. The fourth-order valence-corrected chi connectivity index (χ4v) is 3.57. The molecule has 0 radical (unpaired) electrons. The predicted molar refractivity (Wildman–Crippen MR) is 110 cm³/mol. The van der Waals surface area contributed by atoms with Crippen LogP contribution in [0.3, 0.4) is 0 Å². The summed E-state index contributed by atoms with van der Waals surface area (Å²) in [7, 11) is 1.52. The molecule has 0 saturated carbocycles. The highest BCUT2D eigenvalue weighted by Gasteiger charge is 2.06. The molecule has 0 spiro atoms. The number of halogens is 2. The molecule has 0 fully saturated rings. The van der Waals surface area contributed by atoms with Gasteiger partial charge in [0.2, 0.25) is 0 Å². The highest BCUT2D eigenvalue weighted by molar-refractivity contribution is 7.07. The molecule has 0 saturated heterocycles. The molecule has 5 nitrogen and oxygen atoms in total. The maximum atomic E-state index is 12.2. The average molecular weight is 421 g/mol. The van der Waals surface area contributed by atoms with E-state index >= 15 is 0 Å². The van der Waals surface area contributed by atoms with Crippen molar-refractivity contribution in [2.24, 2.45) is 0 Å². The minimum atomic E-state index is -0.385. The van der Waals surface area contributed by atoms with Crippen LogP contribution in [0.2, 0.25) is 10.0 Å². The largest absolute Gasteiger partial charge is 0.495 e. The Bertz CT molecular complexity index is 1170. The number of methoxy groups -OCH3 is 1. The monoisotopic (exact) mass is 420 g/mol. The fraction of sp³-hybridized carbons (Fsp3) is 0.0526. The van der Waals surface area contributed by atoms with Crippen molar-refractivity contribution in [1.29, 1.82) is 0 Å². The zero-order chi connectivity index (χ0) is 19.4. The average Bonchev–Trinajstić information content (AvgIpc) is 2.98. The number of ether oxygens (including phenoxy) is 1. The van der Waals surface area contributed by atoms with Crippen LogP contribution in [0.5, 0.6) is 5.75 Å². The summed E-state index contributed by atoms with van der Waals surface area (Å²) in [6.45, 7) is 0. The van der Waals surface area contributed by atoms with Gasteiger partial charge in [-0.25, -0.2) is 0 Å². The Morgan fingerprint density at radius 3 is 2.74 bits per heavy atom. The number of H-pyrrole nitrogens is 1. The molecular weight excluding hydrogens is 407 g/mol. The van der Waals surface area contributed by atoms with Crippen molar-refractivity contribution in [2.75, 3.05) is 12.4 Å². The van der Waals surface area contributed by atoms with Crippen LogP contribution in [0.1, 0.15) is 5.56 Å². The summed E-state index contributed by atoms with van der Waals surface area (Å²) in [5, 5.41) is 3.49. The zero-order valence-corrected chi connectivity index (χ0v) is 16.4. The number of anilines is 1. The van der Waals surface area contributed by atoms with E-state index in [1.165, 1.54) is 13.2 Å². The lowest BCUT2D eigenvalue weighted by molar-refractivity contribution is -0.110. The van der Waals surface area contributed by atoms with Crippen LogP contribution < -0.4 is 24.8 Å². The van der Waals surface area contributed by atoms with Gasteiger partial charge in [0.1, 0.15) is 10.4 Å². The number of para-hydroxylation sites is 2. The van der Waals surface area contributed by atoms with E-state index in [1.54, 1.807) is 48.5 Å². The maximum Gasteiger partial charge on any atom is 0.266 e. The van der Waals surface area contributed by atoms with E-state index in [1.807, 2.05) is 0 Å². The number of carbonyl (C=O) groups excluding carboxylic acids is 1. The standard InChI is InChI=1S/C19H14Cl2N2O3S/c1-26-14-8-3-2-7-13(14)22-16(24)10-17-23-19(25)15(27-17)9-11-5-4-6-12(20)18(11)21/h2-10H,1H3,(H,22,24)(H,23,25)/b15-9-,17-10-. The second-order valence-corrected chi connectivity index (χ2v) is 7.27. The van der Waals surface area contributed by atoms with Gasteiger partial charge < -0.3 is 15.0 Å². The first-order chi connectivity index (χ1) is 13.0. The van der Waals surface area contributed by atoms with E-state index < -0.39 is 0 Å². The van der Waals surface area contributed by atoms with Crippen molar-refractivity contribution in [1.82, 2.24) is 4.98 Å². The van der Waals surface area contributed by atoms with Gasteiger partial charge in [0, 0.05) is 6.08 Å². The Hall–Kier alpha value is -2.54. The summed E-state index contributed by atoms with van der Waals surface area (Å²) in [6, 6.07) is 12.2. The second-order valence-electron chi connectivity index (χ2n) is 5.41. The Balaban J connectivity index is 1.92. The maximum absolute atomic E-state index is 12.2. The quantitative estimate of drug-likeness (QED) is 0.681. The molecule has 1 aromatic heterocycles. The number of hydrogen-bond acceptors (Lipinski definition) is 4. The number of aromatic amines is 1. The van der Waals surface area contributed by atoms with Gasteiger partial charge >= 0.3 is 0 Å². The molecule has 138 valence electrons. The highest BCUT2D eigenvalue weighted by Crippen LogP contribution is 2.25. The van der Waals surface area contributed by atoms with Crippen LogP contribution in [-0.4, -0.2) is 18.0 Å². The van der Waals surface area contributed by atoms with Gasteiger partial charge in [0.25, 0.3) is 11.5 Å². The summed E-state index contributed by atoms with van der Waals surface area (Å²) in [5.41, 5.74) is 0.853. The first-order valence-electron chi connectivity index (χ1n) is 7.78. The normalized spacial score (nSPS) is 12.3. The van der Waals surface area contributed by atoms with E-state index in [0.29, 0.717) is 36.2 Å². The van der Waals surface area contributed by atoms with E-state index in [2.05, 4.69) is 10.3 Å². The van der Waals surface area contributed by atoms with Crippen LogP contribution in [-0.2, 0) is 4.79 Å². The zero-order valence-electron chi connectivity index (χ0n) is 14.1. The Kier molecular flexibility index (Phi) is 6.01. The molecule has 1 heterocycles. The molecule has 0 aliphatic carbocycles. The number of hydrogen-bond donors (Lipinski definition) is 2. The smallest absolute Gasteiger partial charge is 0.266 e. The summed E-state index contributed by atoms with van der Waals surface area (Å²) in [5.74, 6) is 0.160. The Morgan fingerprint density at radius 1 is 1.19 bits per heavy atom. The third kappa shape index (κ3) is 4.60. The molecule has 0 aliphatic heterocycles. The second kappa shape index (κ2) is 8.43. The Morgan fingerprint density at radius 2 is 1.96 bits per heavy atom. The van der Waals surface area contributed by atoms with E-state index in [9.17, 15) is 9.59 Å². The van der Waals surface area contributed by atoms with Crippen molar-refractivity contribution in [3.05, 3.63) is 77.6 Å². The van der Waals surface area contributed by atoms with Crippen LogP contribution in [0.25, 0.3) is 12.2 Å². The van der Waals surface area contributed by atoms with Crippen molar-refractivity contribution in [2.45, 2.75) is 0 Å². The topological polar surface area (TPSA) is 71.2 Å². The third-order valence-corrected chi connectivity index (χ3v) is 5.37. The van der Waals surface area contributed by atoms with Gasteiger partial charge in [-0.1, -0.05) is 47.5 Å². The number of rotatable bonds is 4. The number of aromatic nitrogens is 1. The molecule has 8 heteroatoms. The lowest BCUT2D eigenvalue weighted by Crippen LogP contribution is -2.20. The molecule has 2 aromatic carbocycles. The molecule has 3 aromatic rings. The number of benzene rings is 2. The lowest BCUT2D eigenvalue weighted by atomic mass is 10.2. The van der Waals surface area contributed by atoms with E-state index in [-0.39, 0.29) is 11.5 Å². The van der Waals surface area contributed by atoms with Gasteiger partial charge in [-0.05, 0) is 29.8 Å². The first-order valence-corrected chi connectivity index (χ1v) is 9.36. The van der Waals surface area contributed by atoms with Crippen molar-refractivity contribution < 1.29 is 9.53 Å². The third-order valence-electron chi connectivity index (χ3n) is 3.58. The fourth-order valence-electron chi connectivity index (χ4n) is 2.33. The van der Waals surface area contributed by atoms with Crippen LogP contribution in [0, 0.1) is 0 Å². The van der Waals surface area contributed by atoms with Gasteiger partial charge in [-0.2, -0.15) is 0 Å². The number of amides is 1. The molecule has 0 unspecified atom stereocenters.